The molecule has 0 amide bonds. The van der Waals surface area contributed by atoms with Gasteiger partial charge in [-0.15, -0.1) is 11.3 Å². The van der Waals surface area contributed by atoms with E-state index < -0.39 is 0 Å². The first-order valence-electron chi connectivity index (χ1n) is 2.47. The number of hydrogen-bond donors (Lipinski definition) is 0. The van der Waals surface area contributed by atoms with Crippen molar-refractivity contribution < 1.29 is 0 Å². The van der Waals surface area contributed by atoms with Crippen LogP contribution in [-0.2, 0) is 0 Å². The van der Waals surface area contributed by atoms with Gasteiger partial charge in [-0.3, -0.25) is 0 Å². The van der Waals surface area contributed by atoms with Crippen LogP contribution in [0.2, 0.25) is 5.02 Å². The Balaban J connectivity index is 2.97. The lowest BCUT2D eigenvalue weighted by atomic mass is 10.4. The molecule has 1 aromatic heterocycles. The molecule has 0 atom stereocenters. The first-order valence-corrected chi connectivity index (χ1v) is 3.73. The van der Waals surface area contributed by atoms with Crippen LogP contribution >= 0.6 is 22.9 Å². The lowest BCUT2D eigenvalue weighted by Crippen LogP contribution is -1.61. The average molecular weight is 168 g/mol. The number of halogens is 1. The lowest BCUT2D eigenvalue weighted by molar-refractivity contribution is 1.55. The molecule has 0 fully saturated rings. The molecule has 1 heterocycles. The molecular formula is C7H2ClNS. The van der Waals surface area contributed by atoms with Gasteiger partial charge in [-0.1, -0.05) is 11.6 Å². The number of rotatable bonds is 0. The van der Waals surface area contributed by atoms with Gasteiger partial charge in [-0.05, 0) is 17.4 Å². The molecule has 0 aliphatic rings. The topological polar surface area (TPSA) is 23.8 Å². The summed E-state index contributed by atoms with van der Waals surface area (Å²) in [5, 5.41) is 10.5. The predicted molar refractivity (Wildman–Crippen MR) is 41.8 cm³/mol. The van der Waals surface area contributed by atoms with Crippen molar-refractivity contribution >= 4 is 22.9 Å². The van der Waals surface area contributed by atoms with Crippen LogP contribution in [0.3, 0.4) is 0 Å². The summed E-state index contributed by atoms with van der Waals surface area (Å²) < 4.78 is 0. The van der Waals surface area contributed by atoms with E-state index in [1.807, 2.05) is 5.38 Å². The fourth-order valence-corrected chi connectivity index (χ4v) is 1.42. The highest BCUT2D eigenvalue weighted by molar-refractivity contribution is 7.11. The standard InChI is InChI=1S/C7H2ClNS/c8-6-3-5-10-7(6)2-1-4-9/h3,5H. The molecule has 1 nitrogen and oxygen atoms in total. The molecule has 0 unspecified atom stereocenters. The summed E-state index contributed by atoms with van der Waals surface area (Å²) in [6.07, 6.45) is 0. The fourth-order valence-electron chi connectivity index (χ4n) is 0.468. The Kier molecular flexibility index (Phi) is 2.34. The highest BCUT2D eigenvalue weighted by Crippen LogP contribution is 2.20. The van der Waals surface area contributed by atoms with E-state index in [0.717, 1.165) is 4.88 Å². The first kappa shape index (κ1) is 7.15. The molecule has 0 aromatic carbocycles. The zero-order valence-electron chi connectivity index (χ0n) is 4.89. The maximum Gasteiger partial charge on any atom is 0.152 e. The van der Waals surface area contributed by atoms with Gasteiger partial charge in [-0.25, -0.2) is 0 Å². The molecule has 1 rings (SSSR count). The Labute approximate surface area is 67.9 Å². The summed E-state index contributed by atoms with van der Waals surface area (Å²) in [6, 6.07) is 3.48. The van der Waals surface area contributed by atoms with E-state index in [4.69, 9.17) is 16.9 Å². The number of nitriles is 1. The van der Waals surface area contributed by atoms with Crippen molar-refractivity contribution in [1.29, 1.82) is 5.26 Å². The maximum atomic E-state index is 8.09. The highest BCUT2D eigenvalue weighted by atomic mass is 35.5. The average Bonchev–Trinajstić information content (AvgIpc) is 2.31. The predicted octanol–water partition coefficient (Wildman–Crippen LogP) is 2.28. The van der Waals surface area contributed by atoms with Crippen LogP contribution in [0, 0.1) is 23.2 Å². The van der Waals surface area contributed by atoms with Crippen LogP contribution in [0.15, 0.2) is 11.4 Å². The van der Waals surface area contributed by atoms with Crippen molar-refractivity contribution in [2.75, 3.05) is 0 Å². The van der Waals surface area contributed by atoms with Gasteiger partial charge in [0.05, 0.1) is 9.90 Å². The van der Waals surface area contributed by atoms with Crippen LogP contribution in [0.25, 0.3) is 0 Å². The van der Waals surface area contributed by atoms with E-state index in [-0.39, 0.29) is 0 Å². The second-order valence-corrected chi connectivity index (χ2v) is 2.78. The van der Waals surface area contributed by atoms with Crippen LogP contribution in [0.1, 0.15) is 4.88 Å². The summed E-state index contributed by atoms with van der Waals surface area (Å²) >= 11 is 7.11. The number of hydrogen-bond acceptors (Lipinski definition) is 2. The van der Waals surface area contributed by atoms with E-state index in [1.165, 1.54) is 11.3 Å². The van der Waals surface area contributed by atoms with Crippen molar-refractivity contribution in [1.82, 2.24) is 0 Å². The van der Waals surface area contributed by atoms with Crippen molar-refractivity contribution in [3.8, 4) is 17.9 Å². The Morgan fingerprint density at radius 2 is 2.40 bits per heavy atom. The molecule has 3 heteroatoms. The highest BCUT2D eigenvalue weighted by Gasteiger charge is 1.94. The van der Waals surface area contributed by atoms with Gasteiger partial charge in [0.25, 0.3) is 0 Å². The quantitative estimate of drug-likeness (QED) is 0.544. The van der Waals surface area contributed by atoms with Gasteiger partial charge in [0.2, 0.25) is 0 Å². The summed E-state index contributed by atoms with van der Waals surface area (Å²) in [5.74, 6) is 4.89. The molecule has 0 aliphatic carbocycles. The molecule has 0 aliphatic heterocycles. The van der Waals surface area contributed by atoms with E-state index >= 15 is 0 Å². The van der Waals surface area contributed by atoms with Crippen LogP contribution in [0.5, 0.6) is 0 Å². The Bertz CT molecular complexity index is 323. The van der Waals surface area contributed by atoms with Gasteiger partial charge in [0.1, 0.15) is 0 Å². The van der Waals surface area contributed by atoms with Crippen LogP contribution < -0.4 is 0 Å². The summed E-state index contributed by atoms with van der Waals surface area (Å²) in [6.45, 7) is 0. The minimum absolute atomic E-state index is 0.618. The maximum absolute atomic E-state index is 8.09. The van der Waals surface area contributed by atoms with E-state index in [2.05, 4.69) is 11.8 Å². The zero-order valence-corrected chi connectivity index (χ0v) is 6.46. The fraction of sp³-hybridized carbons (Fsp3) is 0. The largest absolute Gasteiger partial charge is 0.183 e. The molecule has 1 aromatic rings. The van der Waals surface area contributed by atoms with Crippen LogP contribution in [0.4, 0.5) is 0 Å². The SMILES string of the molecule is N#CC#Cc1sccc1Cl. The van der Waals surface area contributed by atoms with Gasteiger partial charge in [0, 0.05) is 5.92 Å². The third-order valence-corrected chi connectivity index (χ3v) is 2.11. The van der Waals surface area contributed by atoms with Crippen molar-refractivity contribution in [2.45, 2.75) is 0 Å². The summed E-state index contributed by atoms with van der Waals surface area (Å²) in [5.41, 5.74) is 0. The molecule has 0 radical (unpaired) electrons. The van der Waals surface area contributed by atoms with Gasteiger partial charge in [0.15, 0.2) is 6.07 Å². The number of nitrogens with zero attached hydrogens (tertiary/aromatic N) is 1. The third-order valence-electron chi connectivity index (χ3n) is 0.849. The van der Waals surface area contributed by atoms with E-state index in [1.54, 1.807) is 12.1 Å². The van der Waals surface area contributed by atoms with Gasteiger partial charge in [-0.2, -0.15) is 5.26 Å². The van der Waals surface area contributed by atoms with Gasteiger partial charge < -0.3 is 0 Å². The van der Waals surface area contributed by atoms with Crippen LogP contribution in [-0.4, -0.2) is 0 Å². The van der Waals surface area contributed by atoms with Crippen molar-refractivity contribution in [2.24, 2.45) is 0 Å². The number of thiophene rings is 1. The molecular weight excluding hydrogens is 166 g/mol. The van der Waals surface area contributed by atoms with E-state index in [0.29, 0.717) is 5.02 Å². The molecule has 48 valence electrons. The Morgan fingerprint density at radius 1 is 1.60 bits per heavy atom. The van der Waals surface area contributed by atoms with Crippen molar-refractivity contribution in [3.05, 3.63) is 21.3 Å². The Hall–Kier alpha value is -0.960. The molecule has 10 heavy (non-hydrogen) atoms. The molecule has 0 N–H and O–H groups in total. The molecule has 0 saturated heterocycles. The first-order chi connectivity index (χ1) is 4.84. The zero-order chi connectivity index (χ0) is 7.40. The Morgan fingerprint density at radius 3 is 2.90 bits per heavy atom. The van der Waals surface area contributed by atoms with Gasteiger partial charge >= 0.3 is 0 Å². The molecule has 0 spiro atoms. The minimum Gasteiger partial charge on any atom is -0.183 e. The molecule has 0 bridgehead atoms. The minimum atomic E-state index is 0.618. The summed E-state index contributed by atoms with van der Waals surface area (Å²) in [7, 11) is 0. The third kappa shape index (κ3) is 1.51. The lowest BCUT2D eigenvalue weighted by Gasteiger charge is -1.77. The van der Waals surface area contributed by atoms with Crippen molar-refractivity contribution in [3.63, 3.8) is 0 Å². The normalized spacial score (nSPS) is 7.60. The second kappa shape index (κ2) is 3.27. The smallest absolute Gasteiger partial charge is 0.152 e. The van der Waals surface area contributed by atoms with E-state index in [9.17, 15) is 0 Å². The summed E-state index contributed by atoms with van der Waals surface area (Å²) in [4.78, 5) is 0.753. The molecule has 0 saturated carbocycles. The monoisotopic (exact) mass is 167 g/mol. The second-order valence-electron chi connectivity index (χ2n) is 1.46.